The number of hydrogen-bond donors (Lipinski definition) is 1. The average Bonchev–Trinajstić information content (AvgIpc) is 3.45. The fraction of sp³-hybridized carbons (Fsp3) is 0.364. The van der Waals surface area contributed by atoms with E-state index in [9.17, 15) is 4.79 Å². The Morgan fingerprint density at radius 3 is 2.86 bits per heavy atom. The van der Waals surface area contributed by atoms with Crippen molar-refractivity contribution in [1.29, 1.82) is 0 Å². The Balaban J connectivity index is 1.44. The van der Waals surface area contributed by atoms with E-state index in [1.807, 2.05) is 65.0 Å². The van der Waals surface area contributed by atoms with Crippen LogP contribution in [-0.2, 0) is 13.1 Å². The second kappa shape index (κ2) is 7.92. The molecule has 0 radical (unpaired) electrons. The smallest absolute Gasteiger partial charge is 0.318 e. The lowest BCUT2D eigenvalue weighted by molar-refractivity contribution is 0.190. The summed E-state index contributed by atoms with van der Waals surface area (Å²) >= 11 is 0. The van der Waals surface area contributed by atoms with Gasteiger partial charge in [-0.25, -0.2) is 9.78 Å². The van der Waals surface area contributed by atoms with Gasteiger partial charge in [-0.05, 0) is 44.4 Å². The van der Waals surface area contributed by atoms with Gasteiger partial charge >= 0.3 is 6.03 Å². The third kappa shape index (κ3) is 4.11. The first kappa shape index (κ1) is 18.3. The lowest BCUT2D eigenvalue weighted by Gasteiger charge is -2.24. The van der Waals surface area contributed by atoms with Crippen molar-refractivity contribution in [2.75, 3.05) is 6.61 Å². The van der Waals surface area contributed by atoms with Crippen LogP contribution in [-0.4, -0.2) is 33.0 Å². The molecule has 2 amide bonds. The summed E-state index contributed by atoms with van der Waals surface area (Å²) < 4.78 is 7.71. The fourth-order valence-corrected chi connectivity index (χ4v) is 3.38. The van der Waals surface area contributed by atoms with Gasteiger partial charge in [-0.1, -0.05) is 24.3 Å². The van der Waals surface area contributed by atoms with Crippen LogP contribution < -0.4 is 10.1 Å². The molecule has 0 unspecified atom stereocenters. The number of aryl methyl sites for hydroxylation is 1. The second-order valence-electron chi connectivity index (χ2n) is 7.26. The predicted octanol–water partition coefficient (Wildman–Crippen LogP) is 3.92. The molecule has 6 heteroatoms. The van der Waals surface area contributed by atoms with Crippen molar-refractivity contribution in [3.8, 4) is 5.75 Å². The molecule has 0 bridgehead atoms. The monoisotopic (exact) mass is 378 g/mol. The highest BCUT2D eigenvalue weighted by atomic mass is 16.5. The van der Waals surface area contributed by atoms with Crippen LogP contribution in [0.3, 0.4) is 0 Å². The Labute approximate surface area is 165 Å². The van der Waals surface area contributed by atoms with E-state index in [4.69, 9.17) is 4.74 Å². The van der Waals surface area contributed by atoms with Gasteiger partial charge < -0.3 is 19.4 Å². The summed E-state index contributed by atoms with van der Waals surface area (Å²) in [4.78, 5) is 19.4. The summed E-state index contributed by atoms with van der Waals surface area (Å²) in [5.74, 6) is 0.846. The number of hydrogen-bond acceptors (Lipinski definition) is 3. The van der Waals surface area contributed by atoms with Gasteiger partial charge in [-0.3, -0.25) is 0 Å². The van der Waals surface area contributed by atoms with Gasteiger partial charge in [0, 0.05) is 24.0 Å². The maximum atomic E-state index is 12.9. The van der Waals surface area contributed by atoms with E-state index in [1.54, 1.807) is 0 Å². The summed E-state index contributed by atoms with van der Waals surface area (Å²) in [5.41, 5.74) is 3.95. The van der Waals surface area contributed by atoms with E-state index < -0.39 is 0 Å². The van der Waals surface area contributed by atoms with E-state index >= 15 is 0 Å². The summed E-state index contributed by atoms with van der Waals surface area (Å²) in [5, 5.41) is 3.04. The van der Waals surface area contributed by atoms with Crippen LogP contribution in [0.15, 0.2) is 48.8 Å². The van der Waals surface area contributed by atoms with Crippen LogP contribution >= 0.6 is 0 Å². The number of urea groups is 1. The molecule has 1 aliphatic rings. The molecule has 146 valence electrons. The minimum atomic E-state index is -0.0537. The number of carbonyl (C=O) groups is 1. The number of amides is 2. The molecular weight excluding hydrogens is 352 g/mol. The quantitative estimate of drug-likeness (QED) is 0.678. The number of para-hydroxylation sites is 1. The van der Waals surface area contributed by atoms with Crippen molar-refractivity contribution in [1.82, 2.24) is 19.6 Å². The Kier molecular flexibility index (Phi) is 5.19. The molecule has 6 nitrogen and oxygen atoms in total. The highest BCUT2D eigenvalue weighted by Gasteiger charge is 2.33. The zero-order valence-corrected chi connectivity index (χ0v) is 16.4. The SMILES string of the molecule is CCOc1ccccc1CN(C(=O)NCc1cn2cc(C)ccc2n1)C1CC1. The van der Waals surface area contributed by atoms with Crippen molar-refractivity contribution in [2.45, 2.75) is 45.8 Å². The maximum absolute atomic E-state index is 12.9. The Morgan fingerprint density at radius 1 is 1.25 bits per heavy atom. The molecule has 0 saturated heterocycles. The number of fused-ring (bicyclic) bond motifs is 1. The summed E-state index contributed by atoms with van der Waals surface area (Å²) in [6.45, 7) is 5.60. The van der Waals surface area contributed by atoms with Crippen molar-refractivity contribution >= 4 is 11.7 Å². The van der Waals surface area contributed by atoms with E-state index in [0.29, 0.717) is 25.7 Å². The van der Waals surface area contributed by atoms with E-state index in [0.717, 1.165) is 35.5 Å². The molecule has 1 fully saturated rings. The number of ether oxygens (including phenoxy) is 1. The first-order valence-corrected chi connectivity index (χ1v) is 9.83. The number of nitrogens with zero attached hydrogens (tertiary/aromatic N) is 3. The standard InChI is InChI=1S/C22H26N4O2/c1-3-28-20-7-5-4-6-17(20)14-26(19-9-10-19)22(27)23-12-18-15-25-13-16(2)8-11-21(25)24-18/h4-8,11,13,15,19H,3,9-10,12,14H2,1-2H3,(H,23,27). The fourth-order valence-electron chi connectivity index (χ4n) is 3.38. The van der Waals surface area contributed by atoms with Crippen LogP contribution in [0.5, 0.6) is 5.75 Å². The molecule has 4 rings (SSSR count). The molecule has 28 heavy (non-hydrogen) atoms. The van der Waals surface area contributed by atoms with Gasteiger partial charge in [0.2, 0.25) is 0 Å². The Morgan fingerprint density at radius 2 is 2.07 bits per heavy atom. The van der Waals surface area contributed by atoms with E-state index in [-0.39, 0.29) is 6.03 Å². The van der Waals surface area contributed by atoms with Gasteiger partial charge in [0.05, 0.1) is 25.4 Å². The van der Waals surface area contributed by atoms with Crippen molar-refractivity contribution in [3.63, 3.8) is 0 Å². The number of carbonyl (C=O) groups excluding carboxylic acids is 1. The summed E-state index contributed by atoms with van der Waals surface area (Å²) in [6, 6.07) is 12.2. The molecular formula is C22H26N4O2. The first-order chi connectivity index (χ1) is 13.6. The maximum Gasteiger partial charge on any atom is 0.318 e. The Hall–Kier alpha value is -3.02. The van der Waals surface area contributed by atoms with Crippen molar-refractivity contribution in [2.24, 2.45) is 0 Å². The number of benzene rings is 1. The first-order valence-electron chi connectivity index (χ1n) is 9.83. The summed E-state index contributed by atoms with van der Waals surface area (Å²) in [6.07, 6.45) is 6.11. The molecule has 3 aromatic rings. The van der Waals surface area contributed by atoms with Crippen LogP contribution in [0.4, 0.5) is 4.79 Å². The molecule has 2 aromatic heterocycles. The van der Waals surface area contributed by atoms with Gasteiger partial charge in [-0.15, -0.1) is 0 Å². The lowest BCUT2D eigenvalue weighted by atomic mass is 10.2. The van der Waals surface area contributed by atoms with Gasteiger partial charge in [-0.2, -0.15) is 0 Å². The molecule has 1 aliphatic carbocycles. The largest absolute Gasteiger partial charge is 0.494 e. The molecule has 0 spiro atoms. The second-order valence-corrected chi connectivity index (χ2v) is 7.26. The third-order valence-corrected chi connectivity index (χ3v) is 4.93. The number of imidazole rings is 1. The average molecular weight is 378 g/mol. The van der Waals surface area contributed by atoms with Crippen LogP contribution in [0.25, 0.3) is 5.65 Å². The molecule has 1 saturated carbocycles. The van der Waals surface area contributed by atoms with E-state index in [1.165, 1.54) is 5.56 Å². The number of pyridine rings is 1. The van der Waals surface area contributed by atoms with Crippen LogP contribution in [0.2, 0.25) is 0 Å². The minimum absolute atomic E-state index is 0.0537. The topological polar surface area (TPSA) is 58.9 Å². The molecule has 0 aliphatic heterocycles. The van der Waals surface area contributed by atoms with Gasteiger partial charge in [0.25, 0.3) is 0 Å². The highest BCUT2D eigenvalue weighted by molar-refractivity contribution is 5.75. The molecule has 2 heterocycles. The third-order valence-electron chi connectivity index (χ3n) is 4.93. The lowest BCUT2D eigenvalue weighted by Crippen LogP contribution is -2.40. The minimum Gasteiger partial charge on any atom is -0.494 e. The normalized spacial score (nSPS) is 13.5. The summed E-state index contributed by atoms with van der Waals surface area (Å²) in [7, 11) is 0. The van der Waals surface area contributed by atoms with Crippen LogP contribution in [0.1, 0.15) is 36.6 Å². The van der Waals surface area contributed by atoms with Crippen molar-refractivity contribution < 1.29 is 9.53 Å². The molecule has 1 aromatic carbocycles. The number of aromatic nitrogens is 2. The highest BCUT2D eigenvalue weighted by Crippen LogP contribution is 2.30. The predicted molar refractivity (Wildman–Crippen MR) is 108 cm³/mol. The number of rotatable bonds is 7. The number of nitrogens with one attached hydrogen (secondary N) is 1. The molecule has 1 N–H and O–H groups in total. The van der Waals surface area contributed by atoms with Crippen LogP contribution in [0, 0.1) is 6.92 Å². The zero-order valence-electron chi connectivity index (χ0n) is 16.4. The van der Waals surface area contributed by atoms with Crippen molar-refractivity contribution in [3.05, 3.63) is 65.6 Å². The van der Waals surface area contributed by atoms with E-state index in [2.05, 4.69) is 17.2 Å². The molecule has 0 atom stereocenters. The Bertz CT molecular complexity index is 978. The van der Waals surface area contributed by atoms with Gasteiger partial charge in [0.1, 0.15) is 11.4 Å². The zero-order chi connectivity index (χ0) is 19.5. The van der Waals surface area contributed by atoms with Gasteiger partial charge in [0.15, 0.2) is 0 Å².